The second-order valence-corrected chi connectivity index (χ2v) is 6.31. The van der Waals surface area contributed by atoms with Crippen LogP contribution >= 0.6 is 0 Å². The van der Waals surface area contributed by atoms with Gasteiger partial charge in [0.15, 0.2) is 0 Å². The monoisotopic (exact) mass is 359 g/mol. The van der Waals surface area contributed by atoms with Gasteiger partial charge in [-0.15, -0.1) is 0 Å². The summed E-state index contributed by atoms with van der Waals surface area (Å²) >= 11 is 0. The summed E-state index contributed by atoms with van der Waals surface area (Å²) in [6.07, 6.45) is 4.20. The summed E-state index contributed by atoms with van der Waals surface area (Å²) < 4.78 is 0. The van der Waals surface area contributed by atoms with Gasteiger partial charge < -0.3 is 10.6 Å². The fourth-order valence-corrected chi connectivity index (χ4v) is 2.61. The van der Waals surface area contributed by atoms with Crippen LogP contribution < -0.4 is 10.6 Å². The van der Waals surface area contributed by atoms with E-state index in [1.807, 2.05) is 31.2 Å². The van der Waals surface area contributed by atoms with Gasteiger partial charge in [0.2, 0.25) is 5.91 Å². The zero-order valence-corrected chi connectivity index (χ0v) is 15.1. The zero-order chi connectivity index (χ0) is 19.1. The molecule has 0 spiro atoms. The van der Waals surface area contributed by atoms with Crippen molar-refractivity contribution in [2.75, 3.05) is 10.6 Å². The molecule has 0 atom stereocenters. The van der Waals surface area contributed by atoms with Crippen molar-refractivity contribution in [2.24, 2.45) is 0 Å². The Labute approximate surface area is 158 Å². The van der Waals surface area contributed by atoms with Gasteiger partial charge in [-0.3, -0.25) is 14.6 Å². The molecule has 27 heavy (non-hydrogen) atoms. The SMILES string of the molecule is Cc1ccc(CCC(=O)Nc2cccc(NC(=O)c3cccnc3)c2)cc1. The van der Waals surface area contributed by atoms with Gasteiger partial charge in [0.25, 0.3) is 5.91 Å². The highest BCUT2D eigenvalue weighted by Gasteiger charge is 2.07. The van der Waals surface area contributed by atoms with Crippen molar-refractivity contribution in [2.45, 2.75) is 19.8 Å². The maximum atomic E-state index is 12.2. The molecule has 1 aromatic heterocycles. The van der Waals surface area contributed by atoms with Crippen LogP contribution in [0.4, 0.5) is 11.4 Å². The Morgan fingerprint density at radius 3 is 2.37 bits per heavy atom. The van der Waals surface area contributed by atoms with Gasteiger partial charge in [-0.1, -0.05) is 35.9 Å². The number of pyridine rings is 1. The van der Waals surface area contributed by atoms with Crippen LogP contribution in [-0.2, 0) is 11.2 Å². The number of benzene rings is 2. The van der Waals surface area contributed by atoms with Crippen LogP contribution in [-0.4, -0.2) is 16.8 Å². The highest BCUT2D eigenvalue weighted by atomic mass is 16.2. The number of aromatic nitrogens is 1. The lowest BCUT2D eigenvalue weighted by molar-refractivity contribution is -0.116. The standard InChI is InChI=1S/C22H21N3O2/c1-16-7-9-17(10-8-16)11-12-21(26)24-19-5-2-6-20(14-19)25-22(27)18-4-3-13-23-15-18/h2-10,13-15H,11-12H2,1H3,(H,24,26)(H,25,27). The lowest BCUT2D eigenvalue weighted by Gasteiger charge is -2.09. The van der Waals surface area contributed by atoms with Crippen LogP contribution in [0.1, 0.15) is 27.9 Å². The van der Waals surface area contributed by atoms with Gasteiger partial charge in [0.1, 0.15) is 0 Å². The molecule has 1 heterocycles. The summed E-state index contributed by atoms with van der Waals surface area (Å²) in [4.78, 5) is 28.3. The quantitative estimate of drug-likeness (QED) is 0.692. The molecule has 2 amide bonds. The minimum atomic E-state index is -0.244. The predicted octanol–water partition coefficient (Wildman–Crippen LogP) is 4.21. The number of carbonyl (C=O) groups is 2. The van der Waals surface area contributed by atoms with Crippen molar-refractivity contribution in [1.82, 2.24) is 4.98 Å². The van der Waals surface area contributed by atoms with Crippen LogP contribution in [0.15, 0.2) is 73.1 Å². The Bertz CT molecular complexity index is 922. The number of aryl methyl sites for hydroxylation is 2. The van der Waals surface area contributed by atoms with E-state index in [9.17, 15) is 9.59 Å². The number of rotatable bonds is 6. The summed E-state index contributed by atoms with van der Waals surface area (Å²) in [5.74, 6) is -0.308. The van der Waals surface area contributed by atoms with Crippen molar-refractivity contribution < 1.29 is 9.59 Å². The Kier molecular flexibility index (Phi) is 5.94. The minimum absolute atomic E-state index is 0.0636. The van der Waals surface area contributed by atoms with Gasteiger partial charge in [0, 0.05) is 30.2 Å². The molecule has 0 fully saturated rings. The van der Waals surface area contributed by atoms with Crippen LogP contribution in [0, 0.1) is 6.92 Å². The van der Waals surface area contributed by atoms with Crippen LogP contribution in [0.2, 0.25) is 0 Å². The van der Waals surface area contributed by atoms with Crippen molar-refractivity contribution in [3.63, 3.8) is 0 Å². The maximum absolute atomic E-state index is 12.2. The lowest BCUT2D eigenvalue weighted by Crippen LogP contribution is -2.14. The summed E-state index contributed by atoms with van der Waals surface area (Å²) in [6.45, 7) is 2.04. The molecule has 3 aromatic rings. The Morgan fingerprint density at radius 1 is 0.926 bits per heavy atom. The first-order valence-corrected chi connectivity index (χ1v) is 8.77. The van der Waals surface area contributed by atoms with E-state index in [2.05, 4.69) is 15.6 Å². The Morgan fingerprint density at radius 2 is 1.67 bits per heavy atom. The van der Waals surface area contributed by atoms with E-state index in [1.54, 1.807) is 42.6 Å². The molecule has 0 aliphatic carbocycles. The molecule has 2 aromatic carbocycles. The molecular weight excluding hydrogens is 338 g/mol. The first-order chi connectivity index (χ1) is 13.1. The average Bonchev–Trinajstić information content (AvgIpc) is 2.68. The maximum Gasteiger partial charge on any atom is 0.257 e. The Balaban J connectivity index is 1.56. The average molecular weight is 359 g/mol. The second kappa shape index (κ2) is 8.76. The molecule has 0 bridgehead atoms. The molecule has 3 rings (SSSR count). The number of amides is 2. The normalized spacial score (nSPS) is 10.3. The summed E-state index contributed by atoms with van der Waals surface area (Å²) in [5, 5.41) is 5.68. The van der Waals surface area contributed by atoms with E-state index in [0.29, 0.717) is 29.8 Å². The highest BCUT2D eigenvalue weighted by molar-refractivity contribution is 6.04. The van der Waals surface area contributed by atoms with Crippen molar-refractivity contribution in [1.29, 1.82) is 0 Å². The fraction of sp³-hybridized carbons (Fsp3) is 0.136. The first-order valence-electron chi connectivity index (χ1n) is 8.77. The predicted molar refractivity (Wildman–Crippen MR) is 107 cm³/mol. The number of carbonyl (C=O) groups excluding carboxylic acids is 2. The molecule has 2 N–H and O–H groups in total. The fourth-order valence-electron chi connectivity index (χ4n) is 2.61. The molecule has 0 aliphatic rings. The number of nitrogens with one attached hydrogen (secondary N) is 2. The van der Waals surface area contributed by atoms with E-state index in [0.717, 1.165) is 5.56 Å². The van der Waals surface area contributed by atoms with Gasteiger partial charge in [0.05, 0.1) is 5.56 Å². The van der Waals surface area contributed by atoms with Crippen molar-refractivity contribution >= 4 is 23.2 Å². The van der Waals surface area contributed by atoms with Gasteiger partial charge >= 0.3 is 0 Å². The smallest absolute Gasteiger partial charge is 0.257 e. The van der Waals surface area contributed by atoms with Crippen LogP contribution in [0.25, 0.3) is 0 Å². The molecule has 136 valence electrons. The largest absolute Gasteiger partial charge is 0.326 e. The van der Waals surface area contributed by atoms with Crippen LogP contribution in [0.5, 0.6) is 0 Å². The Hall–Kier alpha value is -3.47. The number of anilines is 2. The molecule has 0 saturated carbocycles. The molecule has 5 nitrogen and oxygen atoms in total. The second-order valence-electron chi connectivity index (χ2n) is 6.31. The zero-order valence-electron chi connectivity index (χ0n) is 15.1. The lowest BCUT2D eigenvalue weighted by atomic mass is 10.1. The number of hydrogen-bond acceptors (Lipinski definition) is 3. The highest BCUT2D eigenvalue weighted by Crippen LogP contribution is 2.17. The van der Waals surface area contributed by atoms with Crippen LogP contribution in [0.3, 0.4) is 0 Å². The van der Waals surface area contributed by atoms with E-state index >= 15 is 0 Å². The van der Waals surface area contributed by atoms with Gasteiger partial charge in [-0.05, 0) is 49.2 Å². The number of nitrogens with zero attached hydrogens (tertiary/aromatic N) is 1. The van der Waals surface area contributed by atoms with Gasteiger partial charge in [-0.25, -0.2) is 0 Å². The topological polar surface area (TPSA) is 71.1 Å². The molecule has 0 aliphatic heterocycles. The summed E-state index contributed by atoms with van der Waals surface area (Å²) in [6, 6.07) is 18.7. The van der Waals surface area contributed by atoms with E-state index in [4.69, 9.17) is 0 Å². The molecule has 0 unspecified atom stereocenters. The third-order valence-corrected chi connectivity index (χ3v) is 4.09. The minimum Gasteiger partial charge on any atom is -0.326 e. The van der Waals surface area contributed by atoms with E-state index in [1.165, 1.54) is 11.8 Å². The van der Waals surface area contributed by atoms with E-state index in [-0.39, 0.29) is 11.8 Å². The molecule has 0 saturated heterocycles. The van der Waals surface area contributed by atoms with Crippen molar-refractivity contribution in [3.05, 3.63) is 89.7 Å². The summed E-state index contributed by atoms with van der Waals surface area (Å²) in [7, 11) is 0. The van der Waals surface area contributed by atoms with Crippen molar-refractivity contribution in [3.8, 4) is 0 Å². The third kappa shape index (κ3) is 5.51. The first kappa shape index (κ1) is 18.3. The van der Waals surface area contributed by atoms with E-state index < -0.39 is 0 Å². The summed E-state index contributed by atoms with van der Waals surface area (Å²) in [5.41, 5.74) is 4.07. The number of hydrogen-bond donors (Lipinski definition) is 2. The molecule has 0 radical (unpaired) electrons. The third-order valence-electron chi connectivity index (χ3n) is 4.09. The molecule has 5 heteroatoms. The van der Waals surface area contributed by atoms with Gasteiger partial charge in [-0.2, -0.15) is 0 Å². The molecular formula is C22H21N3O2.